The van der Waals surface area contributed by atoms with Gasteiger partial charge in [-0.2, -0.15) is 0 Å². The summed E-state index contributed by atoms with van der Waals surface area (Å²) < 4.78 is 0. The average Bonchev–Trinajstić information content (AvgIpc) is 3.21. The molecule has 0 aliphatic carbocycles. The predicted octanol–water partition coefficient (Wildman–Crippen LogP) is 1.66. The molecule has 1 atom stereocenters. The molecule has 6 nitrogen and oxygen atoms in total. The SMILES string of the molecule is O=C1NC(=O)[C@@]2(CCN(C(=O)CCCCCc3cccs3)C2)N1. The molecule has 2 saturated heterocycles. The van der Waals surface area contributed by atoms with E-state index in [-0.39, 0.29) is 11.8 Å². The van der Waals surface area contributed by atoms with Crippen LogP contribution in [0.1, 0.15) is 37.0 Å². The van der Waals surface area contributed by atoms with Gasteiger partial charge >= 0.3 is 6.03 Å². The number of nitrogens with zero attached hydrogens (tertiary/aromatic N) is 1. The third-order valence-corrected chi connectivity index (χ3v) is 5.47. The highest BCUT2D eigenvalue weighted by atomic mass is 32.1. The molecule has 2 fully saturated rings. The predicted molar refractivity (Wildman–Crippen MR) is 87.1 cm³/mol. The lowest BCUT2D eigenvalue weighted by Gasteiger charge is -2.21. The van der Waals surface area contributed by atoms with Gasteiger partial charge in [-0.05, 0) is 37.1 Å². The molecule has 3 rings (SSSR count). The Bertz CT molecular complexity index is 602. The van der Waals surface area contributed by atoms with Gasteiger partial charge in [0, 0.05) is 17.8 Å². The van der Waals surface area contributed by atoms with E-state index in [1.54, 1.807) is 16.2 Å². The Balaban J connectivity index is 1.38. The van der Waals surface area contributed by atoms with Crippen LogP contribution in [0.2, 0.25) is 0 Å². The molecule has 1 aromatic rings. The number of amides is 4. The second-order valence-corrected chi connectivity index (χ2v) is 7.23. The first kappa shape index (κ1) is 16.0. The van der Waals surface area contributed by atoms with Gasteiger partial charge in [-0.15, -0.1) is 11.3 Å². The summed E-state index contributed by atoms with van der Waals surface area (Å²) in [5.41, 5.74) is -0.897. The van der Waals surface area contributed by atoms with E-state index in [1.165, 1.54) is 4.88 Å². The van der Waals surface area contributed by atoms with Gasteiger partial charge < -0.3 is 10.2 Å². The van der Waals surface area contributed by atoms with Gasteiger partial charge in [0.05, 0.1) is 6.54 Å². The zero-order chi connectivity index (χ0) is 16.3. The molecule has 1 spiro atoms. The first-order valence-electron chi connectivity index (χ1n) is 8.03. The summed E-state index contributed by atoms with van der Waals surface area (Å²) in [4.78, 5) is 38.5. The van der Waals surface area contributed by atoms with Crippen molar-refractivity contribution in [3.05, 3.63) is 22.4 Å². The van der Waals surface area contributed by atoms with Crippen molar-refractivity contribution in [2.24, 2.45) is 0 Å². The van der Waals surface area contributed by atoms with E-state index >= 15 is 0 Å². The lowest BCUT2D eigenvalue weighted by molar-refractivity contribution is -0.130. The van der Waals surface area contributed by atoms with E-state index in [4.69, 9.17) is 0 Å². The van der Waals surface area contributed by atoms with Crippen LogP contribution in [0, 0.1) is 0 Å². The Morgan fingerprint density at radius 3 is 2.87 bits per heavy atom. The van der Waals surface area contributed by atoms with Gasteiger partial charge in [-0.1, -0.05) is 12.5 Å². The molecule has 4 amide bonds. The topological polar surface area (TPSA) is 78.5 Å². The van der Waals surface area contributed by atoms with E-state index < -0.39 is 11.6 Å². The molecular formula is C16H21N3O3S. The Morgan fingerprint density at radius 2 is 2.17 bits per heavy atom. The van der Waals surface area contributed by atoms with Gasteiger partial charge in [0.25, 0.3) is 5.91 Å². The highest BCUT2D eigenvalue weighted by Gasteiger charge is 2.51. The monoisotopic (exact) mass is 335 g/mol. The van der Waals surface area contributed by atoms with Gasteiger partial charge in [0.2, 0.25) is 5.91 Å². The molecule has 2 N–H and O–H groups in total. The minimum Gasteiger partial charge on any atom is -0.340 e. The molecule has 0 radical (unpaired) electrons. The highest BCUT2D eigenvalue weighted by molar-refractivity contribution is 7.09. The molecule has 1 aromatic heterocycles. The van der Waals surface area contributed by atoms with E-state index in [0.717, 1.165) is 25.7 Å². The number of hydrogen-bond acceptors (Lipinski definition) is 4. The maximum Gasteiger partial charge on any atom is 0.322 e. The van der Waals surface area contributed by atoms with Crippen LogP contribution in [-0.2, 0) is 16.0 Å². The van der Waals surface area contributed by atoms with Gasteiger partial charge in [-0.3, -0.25) is 14.9 Å². The zero-order valence-corrected chi connectivity index (χ0v) is 13.8. The number of thiophene rings is 1. The fraction of sp³-hybridized carbons (Fsp3) is 0.562. The maximum absolute atomic E-state index is 12.2. The first-order valence-corrected chi connectivity index (χ1v) is 8.91. The molecule has 2 aliphatic heterocycles. The number of carbonyl (C=O) groups is 3. The van der Waals surface area contributed by atoms with Crippen LogP contribution >= 0.6 is 11.3 Å². The summed E-state index contributed by atoms with van der Waals surface area (Å²) in [5, 5.41) is 7.00. The summed E-state index contributed by atoms with van der Waals surface area (Å²) in [6.07, 6.45) is 5.07. The summed E-state index contributed by atoms with van der Waals surface area (Å²) in [6, 6.07) is 3.74. The Morgan fingerprint density at radius 1 is 1.30 bits per heavy atom. The van der Waals surface area contributed by atoms with Gasteiger partial charge in [-0.25, -0.2) is 4.79 Å². The van der Waals surface area contributed by atoms with Crippen molar-refractivity contribution in [2.45, 2.75) is 44.1 Å². The minimum atomic E-state index is -0.897. The number of likely N-dealkylation sites (tertiary alicyclic amines) is 1. The van der Waals surface area contributed by atoms with Crippen molar-refractivity contribution >= 4 is 29.2 Å². The standard InChI is InChI=1S/C16H21N3O3S/c20-13(7-3-1-2-5-12-6-4-10-23-12)19-9-8-16(11-19)14(21)17-15(22)18-16/h4,6,10H,1-3,5,7-9,11H2,(H2,17,18,21,22)/t16-/m0/s1. The summed E-state index contributed by atoms with van der Waals surface area (Å²) >= 11 is 1.77. The molecule has 2 aliphatic rings. The molecule has 124 valence electrons. The fourth-order valence-electron chi connectivity index (χ4n) is 3.20. The summed E-state index contributed by atoms with van der Waals surface area (Å²) in [6.45, 7) is 0.820. The largest absolute Gasteiger partial charge is 0.340 e. The number of rotatable bonds is 6. The summed E-state index contributed by atoms with van der Waals surface area (Å²) in [7, 11) is 0. The van der Waals surface area contributed by atoms with Crippen molar-refractivity contribution in [3.8, 4) is 0 Å². The quantitative estimate of drug-likeness (QED) is 0.613. The molecule has 3 heterocycles. The van der Waals surface area contributed by atoms with Crippen LogP contribution < -0.4 is 10.6 Å². The van der Waals surface area contributed by atoms with Crippen molar-refractivity contribution in [1.82, 2.24) is 15.5 Å². The number of nitrogens with one attached hydrogen (secondary N) is 2. The zero-order valence-electron chi connectivity index (χ0n) is 13.0. The number of unbranched alkanes of at least 4 members (excludes halogenated alkanes) is 2. The molecule has 0 aromatic carbocycles. The van der Waals surface area contributed by atoms with Crippen LogP contribution in [-0.4, -0.2) is 41.4 Å². The van der Waals surface area contributed by atoms with Crippen LogP contribution in [0.3, 0.4) is 0 Å². The van der Waals surface area contributed by atoms with Gasteiger partial charge in [0.15, 0.2) is 0 Å². The molecule has 0 unspecified atom stereocenters. The number of aryl methyl sites for hydroxylation is 1. The minimum absolute atomic E-state index is 0.0759. The summed E-state index contributed by atoms with van der Waals surface area (Å²) in [5.74, 6) is -0.235. The number of carbonyl (C=O) groups excluding carboxylic acids is 3. The van der Waals surface area contributed by atoms with E-state index in [9.17, 15) is 14.4 Å². The Hall–Kier alpha value is -1.89. The molecule has 0 saturated carbocycles. The fourth-order valence-corrected chi connectivity index (χ4v) is 3.95. The normalized spacial score (nSPS) is 23.4. The molecule has 23 heavy (non-hydrogen) atoms. The lowest BCUT2D eigenvalue weighted by atomic mass is 9.99. The number of urea groups is 1. The van der Waals surface area contributed by atoms with Crippen molar-refractivity contribution in [1.29, 1.82) is 0 Å². The van der Waals surface area contributed by atoms with Crippen molar-refractivity contribution in [3.63, 3.8) is 0 Å². The first-order chi connectivity index (χ1) is 11.1. The average molecular weight is 335 g/mol. The van der Waals surface area contributed by atoms with Gasteiger partial charge in [0.1, 0.15) is 5.54 Å². The molecule has 7 heteroatoms. The second kappa shape index (κ2) is 6.70. The highest BCUT2D eigenvalue weighted by Crippen LogP contribution is 2.25. The second-order valence-electron chi connectivity index (χ2n) is 6.20. The number of hydrogen-bond donors (Lipinski definition) is 2. The molecule has 0 bridgehead atoms. The van der Waals surface area contributed by atoms with Crippen LogP contribution in [0.5, 0.6) is 0 Å². The third kappa shape index (κ3) is 3.55. The lowest BCUT2D eigenvalue weighted by Crippen LogP contribution is -2.49. The van der Waals surface area contributed by atoms with E-state index in [2.05, 4.69) is 28.1 Å². The van der Waals surface area contributed by atoms with Crippen LogP contribution in [0.25, 0.3) is 0 Å². The smallest absolute Gasteiger partial charge is 0.322 e. The van der Waals surface area contributed by atoms with Crippen LogP contribution in [0.4, 0.5) is 4.79 Å². The third-order valence-electron chi connectivity index (χ3n) is 4.53. The number of imide groups is 1. The maximum atomic E-state index is 12.2. The molecular weight excluding hydrogens is 314 g/mol. The van der Waals surface area contributed by atoms with Crippen LogP contribution in [0.15, 0.2) is 17.5 Å². The van der Waals surface area contributed by atoms with Crippen molar-refractivity contribution < 1.29 is 14.4 Å². The van der Waals surface area contributed by atoms with E-state index in [0.29, 0.717) is 25.9 Å². The Kier molecular flexibility index (Phi) is 4.66. The Labute approximate surface area is 139 Å². The van der Waals surface area contributed by atoms with E-state index in [1.807, 2.05) is 0 Å². The van der Waals surface area contributed by atoms with Crippen molar-refractivity contribution in [2.75, 3.05) is 13.1 Å².